The van der Waals surface area contributed by atoms with E-state index in [9.17, 15) is 0 Å². The molecule has 0 aromatic carbocycles. The zero-order valence-corrected chi connectivity index (χ0v) is 14.1. The van der Waals surface area contributed by atoms with Crippen LogP contribution < -0.4 is 5.32 Å². The molecule has 0 spiro atoms. The summed E-state index contributed by atoms with van der Waals surface area (Å²) in [5.41, 5.74) is 1.96. The highest BCUT2D eigenvalue weighted by atomic mass is 127. The molecular weight excluding hydrogens is 371 g/mol. The molecule has 0 amide bonds. The van der Waals surface area contributed by atoms with Gasteiger partial charge in [0.25, 0.3) is 0 Å². The van der Waals surface area contributed by atoms with E-state index < -0.39 is 0 Å². The number of nitrogens with zero attached hydrogens (tertiary/aromatic N) is 5. The lowest BCUT2D eigenvalue weighted by Gasteiger charge is -2.20. The summed E-state index contributed by atoms with van der Waals surface area (Å²) in [5.74, 6) is 0.796. The summed E-state index contributed by atoms with van der Waals surface area (Å²) in [6, 6.07) is 3.81. The summed E-state index contributed by atoms with van der Waals surface area (Å²) < 4.78 is 6.65. The van der Waals surface area contributed by atoms with Crippen LogP contribution in [0.4, 0.5) is 0 Å². The van der Waals surface area contributed by atoms with Crippen molar-refractivity contribution in [2.75, 3.05) is 14.1 Å². The Morgan fingerprint density at radius 2 is 2.30 bits per heavy atom. The predicted molar refractivity (Wildman–Crippen MR) is 86.8 cm³/mol. The molecule has 0 unspecified atom stereocenters. The number of rotatable bonds is 4. The molecule has 8 heteroatoms. The lowest BCUT2D eigenvalue weighted by Crippen LogP contribution is -2.38. The lowest BCUT2D eigenvalue weighted by atomic mass is 10.4. The first-order valence-electron chi connectivity index (χ1n) is 5.98. The van der Waals surface area contributed by atoms with E-state index in [-0.39, 0.29) is 24.0 Å². The third-order valence-corrected chi connectivity index (χ3v) is 2.81. The first-order valence-corrected chi connectivity index (χ1v) is 5.98. The summed E-state index contributed by atoms with van der Waals surface area (Å²) in [6.45, 7) is 1.31. The Labute approximate surface area is 135 Å². The minimum atomic E-state index is 0. The molecule has 0 aliphatic carbocycles. The highest BCUT2D eigenvalue weighted by molar-refractivity contribution is 14.0. The number of halogens is 1. The Morgan fingerprint density at radius 1 is 1.50 bits per heavy atom. The van der Waals surface area contributed by atoms with Crippen molar-refractivity contribution < 1.29 is 4.52 Å². The van der Waals surface area contributed by atoms with E-state index in [1.165, 1.54) is 0 Å². The van der Waals surface area contributed by atoms with Crippen molar-refractivity contribution in [2.24, 2.45) is 12.0 Å². The Kier molecular flexibility index (Phi) is 6.49. The maximum absolute atomic E-state index is 4.81. The molecule has 2 aromatic rings. The monoisotopic (exact) mass is 390 g/mol. The summed E-state index contributed by atoms with van der Waals surface area (Å²) in [6.07, 6.45) is 3.34. The van der Waals surface area contributed by atoms with Crippen LogP contribution in [0.5, 0.6) is 0 Å². The zero-order valence-electron chi connectivity index (χ0n) is 11.8. The quantitative estimate of drug-likeness (QED) is 0.483. The standard InChI is InChI=1S/C12H18N6O.HI/c1-13-12(14-8-11-4-6-15-18(11)3)17(2)9-10-5-7-19-16-10;/h4-7H,8-9H2,1-3H3,(H,13,14);1H. The van der Waals surface area contributed by atoms with Gasteiger partial charge in [-0.3, -0.25) is 9.67 Å². The zero-order chi connectivity index (χ0) is 13.7. The third kappa shape index (κ3) is 4.22. The molecule has 0 saturated heterocycles. The van der Waals surface area contributed by atoms with Gasteiger partial charge in [-0.05, 0) is 6.07 Å². The lowest BCUT2D eigenvalue weighted by molar-refractivity contribution is 0.391. The number of aliphatic imine (C=N–C) groups is 1. The maximum atomic E-state index is 4.81. The van der Waals surface area contributed by atoms with Gasteiger partial charge < -0.3 is 14.7 Å². The SMILES string of the molecule is CN=C(NCc1ccnn1C)N(C)Cc1ccon1.I. The highest BCUT2D eigenvalue weighted by Gasteiger charge is 2.09. The minimum absolute atomic E-state index is 0. The number of nitrogens with one attached hydrogen (secondary N) is 1. The molecule has 2 heterocycles. The van der Waals surface area contributed by atoms with Gasteiger partial charge in [-0.2, -0.15) is 5.10 Å². The minimum Gasteiger partial charge on any atom is -0.364 e. The molecule has 110 valence electrons. The van der Waals surface area contributed by atoms with Gasteiger partial charge in [-0.1, -0.05) is 5.16 Å². The molecule has 0 saturated carbocycles. The molecule has 7 nitrogen and oxygen atoms in total. The van der Waals surface area contributed by atoms with E-state index in [1.807, 2.05) is 35.8 Å². The second kappa shape index (κ2) is 7.88. The second-order valence-corrected chi connectivity index (χ2v) is 4.19. The maximum Gasteiger partial charge on any atom is 0.194 e. The van der Waals surface area contributed by atoms with E-state index in [1.54, 1.807) is 19.5 Å². The normalized spacial score (nSPS) is 11.1. The van der Waals surface area contributed by atoms with Crippen molar-refractivity contribution in [3.8, 4) is 0 Å². The average Bonchev–Trinajstić information content (AvgIpc) is 3.02. The van der Waals surface area contributed by atoms with Crippen LogP contribution in [0.25, 0.3) is 0 Å². The van der Waals surface area contributed by atoms with Crippen molar-refractivity contribution in [3.63, 3.8) is 0 Å². The van der Waals surface area contributed by atoms with Crippen LogP contribution in [-0.4, -0.2) is 39.9 Å². The van der Waals surface area contributed by atoms with E-state index in [2.05, 4.69) is 20.6 Å². The topological polar surface area (TPSA) is 71.5 Å². The van der Waals surface area contributed by atoms with Gasteiger partial charge in [0.2, 0.25) is 0 Å². The van der Waals surface area contributed by atoms with Crippen LogP contribution in [0.2, 0.25) is 0 Å². The smallest absolute Gasteiger partial charge is 0.194 e. The van der Waals surface area contributed by atoms with Crippen LogP contribution in [0.1, 0.15) is 11.4 Å². The first-order chi connectivity index (χ1) is 9.20. The van der Waals surface area contributed by atoms with Crippen molar-refractivity contribution >= 4 is 29.9 Å². The summed E-state index contributed by atoms with van der Waals surface area (Å²) in [5, 5.41) is 11.3. The van der Waals surface area contributed by atoms with Gasteiger partial charge in [0.15, 0.2) is 5.96 Å². The Hall–Kier alpha value is -1.58. The molecular formula is C12H19IN6O. The number of guanidine groups is 1. The van der Waals surface area contributed by atoms with Gasteiger partial charge in [0.1, 0.15) is 12.0 Å². The fourth-order valence-electron chi connectivity index (χ4n) is 1.77. The van der Waals surface area contributed by atoms with Crippen LogP contribution >= 0.6 is 24.0 Å². The van der Waals surface area contributed by atoms with Gasteiger partial charge >= 0.3 is 0 Å². The van der Waals surface area contributed by atoms with E-state index in [4.69, 9.17) is 4.52 Å². The van der Waals surface area contributed by atoms with E-state index >= 15 is 0 Å². The fraction of sp³-hybridized carbons (Fsp3) is 0.417. The second-order valence-electron chi connectivity index (χ2n) is 4.19. The molecule has 0 atom stereocenters. The van der Waals surface area contributed by atoms with Gasteiger partial charge in [0, 0.05) is 33.4 Å². The van der Waals surface area contributed by atoms with Crippen molar-refractivity contribution in [1.29, 1.82) is 0 Å². The molecule has 0 radical (unpaired) electrons. The van der Waals surface area contributed by atoms with Crippen LogP contribution in [0.15, 0.2) is 34.1 Å². The fourth-order valence-corrected chi connectivity index (χ4v) is 1.77. The van der Waals surface area contributed by atoms with Crippen molar-refractivity contribution in [2.45, 2.75) is 13.1 Å². The molecule has 0 bridgehead atoms. The third-order valence-electron chi connectivity index (χ3n) is 2.81. The summed E-state index contributed by atoms with van der Waals surface area (Å²) in [4.78, 5) is 6.22. The number of hydrogen-bond acceptors (Lipinski definition) is 4. The van der Waals surface area contributed by atoms with Gasteiger partial charge in [-0.25, -0.2) is 0 Å². The Morgan fingerprint density at radius 3 is 2.85 bits per heavy atom. The van der Waals surface area contributed by atoms with Crippen molar-refractivity contribution in [3.05, 3.63) is 36.0 Å². The van der Waals surface area contributed by atoms with Crippen LogP contribution in [0, 0.1) is 0 Å². The summed E-state index contributed by atoms with van der Waals surface area (Å²) >= 11 is 0. The predicted octanol–water partition coefficient (Wildman–Crippen LogP) is 1.23. The van der Waals surface area contributed by atoms with Gasteiger partial charge in [-0.15, -0.1) is 24.0 Å². The van der Waals surface area contributed by atoms with E-state index in [0.717, 1.165) is 17.3 Å². The number of aryl methyl sites for hydroxylation is 1. The molecule has 1 N–H and O–H groups in total. The van der Waals surface area contributed by atoms with Gasteiger partial charge in [0.05, 0.1) is 18.8 Å². The van der Waals surface area contributed by atoms with Crippen molar-refractivity contribution in [1.82, 2.24) is 25.2 Å². The van der Waals surface area contributed by atoms with Crippen LogP contribution in [0.3, 0.4) is 0 Å². The summed E-state index contributed by atoms with van der Waals surface area (Å²) in [7, 11) is 5.62. The Bertz CT molecular complexity index is 536. The highest BCUT2D eigenvalue weighted by Crippen LogP contribution is 2.01. The molecule has 0 aliphatic heterocycles. The Balaban J connectivity index is 0.00000200. The number of aromatic nitrogens is 3. The average molecular weight is 390 g/mol. The van der Waals surface area contributed by atoms with Crippen LogP contribution in [-0.2, 0) is 20.1 Å². The number of hydrogen-bond donors (Lipinski definition) is 1. The molecule has 0 fully saturated rings. The van der Waals surface area contributed by atoms with E-state index in [0.29, 0.717) is 13.1 Å². The largest absolute Gasteiger partial charge is 0.364 e. The molecule has 20 heavy (non-hydrogen) atoms. The molecule has 0 aliphatic rings. The molecule has 2 rings (SSSR count). The first kappa shape index (κ1) is 16.5. The molecule has 2 aromatic heterocycles.